The number of para-hydroxylation sites is 2. The van der Waals surface area contributed by atoms with E-state index < -0.39 is 0 Å². The van der Waals surface area contributed by atoms with E-state index in [1.165, 1.54) is 11.8 Å². The summed E-state index contributed by atoms with van der Waals surface area (Å²) in [6.45, 7) is 0.421. The predicted octanol–water partition coefficient (Wildman–Crippen LogP) is 5.39. The Morgan fingerprint density at radius 2 is 1.73 bits per heavy atom. The number of methoxy groups -OCH3 is 1. The lowest BCUT2D eigenvalue weighted by Crippen LogP contribution is -2.23. The Kier molecular flexibility index (Phi) is 7.65. The highest BCUT2D eigenvalue weighted by Crippen LogP contribution is 2.32. The topological polar surface area (TPSA) is 69.0 Å². The molecule has 0 radical (unpaired) electrons. The molecule has 1 aromatic heterocycles. The molecule has 1 N–H and O–H groups in total. The van der Waals surface area contributed by atoms with Crippen molar-refractivity contribution in [1.29, 1.82) is 0 Å². The van der Waals surface area contributed by atoms with Gasteiger partial charge in [0.1, 0.15) is 5.75 Å². The van der Waals surface area contributed by atoms with Crippen LogP contribution in [0.5, 0.6) is 5.75 Å². The molecule has 0 atom stereocenters. The van der Waals surface area contributed by atoms with E-state index in [-0.39, 0.29) is 5.91 Å². The molecule has 0 spiro atoms. The van der Waals surface area contributed by atoms with Crippen LogP contribution in [0.2, 0.25) is 5.02 Å². The van der Waals surface area contributed by atoms with Gasteiger partial charge in [0.05, 0.1) is 12.1 Å². The summed E-state index contributed by atoms with van der Waals surface area (Å²) >= 11 is 7.91. The number of carbonyl (C=O) groups is 1. The number of thioether (sulfide) groups is 1. The summed E-state index contributed by atoms with van der Waals surface area (Å²) in [5.74, 6) is 1.95. The molecule has 0 saturated carbocycles. The maximum absolute atomic E-state index is 12.4. The van der Waals surface area contributed by atoms with Crippen molar-refractivity contribution in [1.82, 2.24) is 20.1 Å². The Labute approximate surface area is 202 Å². The van der Waals surface area contributed by atoms with E-state index in [0.717, 1.165) is 22.6 Å². The smallest absolute Gasteiger partial charge is 0.221 e. The van der Waals surface area contributed by atoms with Crippen LogP contribution in [-0.2, 0) is 11.3 Å². The summed E-state index contributed by atoms with van der Waals surface area (Å²) in [7, 11) is 1.62. The molecule has 33 heavy (non-hydrogen) atoms. The third-order valence-corrected chi connectivity index (χ3v) is 6.25. The number of hydrogen-bond acceptors (Lipinski definition) is 5. The molecule has 0 bridgehead atoms. The third kappa shape index (κ3) is 5.56. The fourth-order valence-electron chi connectivity index (χ4n) is 3.36. The highest BCUT2D eigenvalue weighted by Gasteiger charge is 2.18. The van der Waals surface area contributed by atoms with E-state index in [2.05, 4.69) is 15.5 Å². The molecule has 1 amide bonds. The van der Waals surface area contributed by atoms with Crippen LogP contribution in [0, 0.1) is 0 Å². The molecular formula is C25H23ClN4O2S. The zero-order chi connectivity index (χ0) is 23.0. The fourth-order valence-corrected chi connectivity index (χ4v) is 4.47. The van der Waals surface area contributed by atoms with Crippen LogP contribution in [-0.4, -0.2) is 33.5 Å². The summed E-state index contributed by atoms with van der Waals surface area (Å²) in [5.41, 5.74) is 2.67. The highest BCUT2D eigenvalue weighted by molar-refractivity contribution is 7.99. The zero-order valence-electron chi connectivity index (χ0n) is 18.1. The lowest BCUT2D eigenvalue weighted by atomic mass is 10.2. The number of hydrogen-bond donors (Lipinski definition) is 1. The first kappa shape index (κ1) is 22.9. The van der Waals surface area contributed by atoms with Crippen molar-refractivity contribution in [2.45, 2.75) is 18.1 Å². The van der Waals surface area contributed by atoms with Crippen molar-refractivity contribution in [3.8, 4) is 22.8 Å². The van der Waals surface area contributed by atoms with Crippen molar-refractivity contribution < 1.29 is 9.53 Å². The van der Waals surface area contributed by atoms with Crippen molar-refractivity contribution in [3.63, 3.8) is 0 Å². The molecule has 8 heteroatoms. The maximum atomic E-state index is 12.4. The second-order valence-electron chi connectivity index (χ2n) is 7.14. The van der Waals surface area contributed by atoms with Crippen LogP contribution in [0.15, 0.2) is 84.0 Å². The molecule has 0 aliphatic carbocycles. The van der Waals surface area contributed by atoms with Gasteiger partial charge in [0.2, 0.25) is 5.91 Å². The first-order valence-electron chi connectivity index (χ1n) is 10.4. The van der Waals surface area contributed by atoms with Crippen molar-refractivity contribution in [2.24, 2.45) is 0 Å². The summed E-state index contributed by atoms with van der Waals surface area (Å²) in [6, 6.07) is 25.1. The Bertz CT molecular complexity index is 1230. The minimum atomic E-state index is -0.0366. The standard InChI is InChI=1S/C25H23ClN4O2S/c1-32-22-14-8-5-9-18(22)17-27-23(31)15-16-33-25-29-28-24(20-12-6-7-13-21(20)26)30(25)19-10-3-2-4-11-19/h2-14H,15-17H2,1H3,(H,27,31). The van der Waals surface area contributed by atoms with Crippen LogP contribution in [0.3, 0.4) is 0 Å². The molecule has 6 nitrogen and oxygen atoms in total. The number of aromatic nitrogens is 3. The molecule has 4 aromatic rings. The summed E-state index contributed by atoms with van der Waals surface area (Å²) in [5, 5.41) is 13.1. The number of nitrogens with zero attached hydrogens (tertiary/aromatic N) is 3. The summed E-state index contributed by atoms with van der Waals surface area (Å²) in [6.07, 6.45) is 0.350. The average molecular weight is 479 g/mol. The Hall–Kier alpha value is -3.29. The molecule has 0 unspecified atom stereocenters. The quantitative estimate of drug-likeness (QED) is 0.326. The van der Waals surface area contributed by atoms with Crippen molar-refractivity contribution >= 4 is 29.3 Å². The van der Waals surface area contributed by atoms with Crippen LogP contribution in [0.25, 0.3) is 17.1 Å². The van der Waals surface area contributed by atoms with Crippen LogP contribution in [0.1, 0.15) is 12.0 Å². The summed E-state index contributed by atoms with van der Waals surface area (Å²) < 4.78 is 7.31. The second-order valence-corrected chi connectivity index (χ2v) is 8.61. The first-order valence-corrected chi connectivity index (χ1v) is 11.8. The SMILES string of the molecule is COc1ccccc1CNC(=O)CCSc1nnc(-c2ccccc2Cl)n1-c1ccccc1. The normalized spacial score (nSPS) is 10.7. The minimum Gasteiger partial charge on any atom is -0.496 e. The van der Waals surface area contributed by atoms with Gasteiger partial charge in [-0.2, -0.15) is 0 Å². The maximum Gasteiger partial charge on any atom is 0.221 e. The minimum absolute atomic E-state index is 0.0366. The number of benzene rings is 3. The molecule has 4 rings (SSSR count). The number of carbonyl (C=O) groups excluding carboxylic acids is 1. The van der Waals surface area contributed by atoms with E-state index in [1.54, 1.807) is 7.11 Å². The van der Waals surface area contributed by atoms with Gasteiger partial charge in [-0.3, -0.25) is 9.36 Å². The van der Waals surface area contributed by atoms with E-state index >= 15 is 0 Å². The predicted molar refractivity (Wildman–Crippen MR) is 132 cm³/mol. The lowest BCUT2D eigenvalue weighted by Gasteiger charge is -2.11. The van der Waals surface area contributed by atoms with Gasteiger partial charge in [-0.15, -0.1) is 10.2 Å². The molecule has 1 heterocycles. The van der Waals surface area contributed by atoms with Crippen LogP contribution < -0.4 is 10.1 Å². The monoisotopic (exact) mass is 478 g/mol. The number of ether oxygens (including phenoxy) is 1. The van der Waals surface area contributed by atoms with E-state index in [0.29, 0.717) is 34.7 Å². The molecule has 3 aromatic carbocycles. The van der Waals surface area contributed by atoms with Crippen LogP contribution in [0.4, 0.5) is 0 Å². The molecule has 0 aliphatic rings. The number of nitrogens with one attached hydrogen (secondary N) is 1. The van der Waals surface area contributed by atoms with Gasteiger partial charge >= 0.3 is 0 Å². The number of rotatable bonds is 9. The summed E-state index contributed by atoms with van der Waals surface area (Å²) in [4.78, 5) is 12.4. The lowest BCUT2D eigenvalue weighted by molar-refractivity contribution is -0.120. The van der Waals surface area contributed by atoms with Gasteiger partial charge in [0, 0.05) is 35.5 Å². The van der Waals surface area contributed by atoms with Gasteiger partial charge in [-0.25, -0.2) is 0 Å². The van der Waals surface area contributed by atoms with E-state index in [1.807, 2.05) is 83.4 Å². The largest absolute Gasteiger partial charge is 0.496 e. The first-order chi connectivity index (χ1) is 16.2. The zero-order valence-corrected chi connectivity index (χ0v) is 19.6. The Morgan fingerprint density at radius 3 is 2.52 bits per heavy atom. The second kappa shape index (κ2) is 11.0. The van der Waals surface area contributed by atoms with Gasteiger partial charge < -0.3 is 10.1 Å². The molecule has 0 fully saturated rings. The average Bonchev–Trinajstić information content (AvgIpc) is 3.27. The number of amides is 1. The van der Waals surface area contributed by atoms with E-state index in [9.17, 15) is 4.79 Å². The van der Waals surface area contributed by atoms with Gasteiger partial charge in [-0.05, 0) is 30.3 Å². The molecule has 0 saturated heterocycles. The molecular weight excluding hydrogens is 456 g/mol. The van der Waals surface area contributed by atoms with Gasteiger partial charge in [-0.1, -0.05) is 71.9 Å². The Balaban J connectivity index is 1.45. The van der Waals surface area contributed by atoms with E-state index in [4.69, 9.17) is 16.3 Å². The fraction of sp³-hybridized carbons (Fsp3) is 0.160. The van der Waals surface area contributed by atoms with Gasteiger partial charge in [0.15, 0.2) is 11.0 Å². The number of halogens is 1. The third-order valence-electron chi connectivity index (χ3n) is 4.99. The van der Waals surface area contributed by atoms with Crippen molar-refractivity contribution in [2.75, 3.05) is 12.9 Å². The van der Waals surface area contributed by atoms with Gasteiger partial charge in [0.25, 0.3) is 0 Å². The Morgan fingerprint density at radius 1 is 1.00 bits per heavy atom. The molecule has 0 aliphatic heterocycles. The van der Waals surface area contributed by atoms with Crippen LogP contribution >= 0.6 is 23.4 Å². The molecule has 168 valence electrons. The highest BCUT2D eigenvalue weighted by atomic mass is 35.5. The van der Waals surface area contributed by atoms with Crippen molar-refractivity contribution in [3.05, 3.63) is 89.4 Å².